The fraction of sp³-hybridized carbons (Fsp3) is 0.154. The molecule has 33 heavy (non-hydrogen) atoms. The smallest absolute Gasteiger partial charge is 0.273 e. The van der Waals surface area contributed by atoms with Crippen LogP contribution in [0, 0.1) is 19.7 Å². The quantitative estimate of drug-likeness (QED) is 0.354. The van der Waals surface area contributed by atoms with Crippen LogP contribution in [-0.2, 0) is 6.54 Å². The summed E-state index contributed by atoms with van der Waals surface area (Å²) >= 11 is 3.48. The first kappa shape index (κ1) is 21.4. The second-order valence-electron chi connectivity index (χ2n) is 8.35. The first-order valence-corrected chi connectivity index (χ1v) is 11.3. The number of rotatable bonds is 4. The van der Waals surface area contributed by atoms with E-state index < -0.39 is 6.04 Å². The molecule has 7 heteroatoms. The molecule has 0 aliphatic carbocycles. The Hall–Kier alpha value is -3.45. The summed E-state index contributed by atoms with van der Waals surface area (Å²) in [7, 11) is 0. The number of hydrogen-bond acceptors (Lipinski definition) is 3. The average Bonchev–Trinajstić information content (AvgIpc) is 3.29. The Kier molecular flexibility index (Phi) is 5.29. The van der Waals surface area contributed by atoms with E-state index in [1.807, 2.05) is 44.2 Å². The fourth-order valence-corrected chi connectivity index (χ4v) is 4.85. The van der Waals surface area contributed by atoms with Crippen LogP contribution in [0.15, 0.2) is 65.1 Å². The van der Waals surface area contributed by atoms with Crippen LogP contribution >= 0.6 is 15.9 Å². The van der Waals surface area contributed by atoms with E-state index in [0.29, 0.717) is 23.5 Å². The van der Waals surface area contributed by atoms with Crippen LogP contribution in [0.2, 0.25) is 0 Å². The van der Waals surface area contributed by atoms with E-state index in [2.05, 4.69) is 26.1 Å². The molecule has 4 aromatic rings. The number of phenolic OH excluding ortho intramolecular Hbond substituents is 1. The zero-order valence-electron chi connectivity index (χ0n) is 18.1. The number of aromatic hydroxyl groups is 1. The van der Waals surface area contributed by atoms with Gasteiger partial charge in [0.05, 0.1) is 6.04 Å². The Balaban J connectivity index is 1.68. The number of phenols is 1. The first-order valence-electron chi connectivity index (χ1n) is 10.5. The number of halogens is 2. The molecule has 1 atom stereocenters. The molecule has 1 unspecified atom stereocenters. The molecule has 5 nitrogen and oxygen atoms in total. The zero-order chi connectivity index (χ0) is 23.3. The van der Waals surface area contributed by atoms with Gasteiger partial charge in [0.1, 0.15) is 23.0 Å². The Morgan fingerprint density at radius 2 is 1.79 bits per heavy atom. The van der Waals surface area contributed by atoms with Crippen molar-refractivity contribution in [2.75, 3.05) is 0 Å². The van der Waals surface area contributed by atoms with Gasteiger partial charge < -0.3 is 10.0 Å². The highest BCUT2D eigenvalue weighted by atomic mass is 79.9. The van der Waals surface area contributed by atoms with E-state index >= 15 is 0 Å². The lowest BCUT2D eigenvalue weighted by Crippen LogP contribution is -2.29. The molecule has 1 aliphatic rings. The second kappa shape index (κ2) is 8.15. The lowest BCUT2D eigenvalue weighted by atomic mass is 9.93. The predicted molar refractivity (Wildman–Crippen MR) is 127 cm³/mol. The molecule has 0 bridgehead atoms. The topological polar surface area (TPSA) is 69.2 Å². The number of hydrogen-bond donors (Lipinski definition) is 2. The van der Waals surface area contributed by atoms with Crippen LogP contribution in [0.25, 0.3) is 11.3 Å². The van der Waals surface area contributed by atoms with Crippen molar-refractivity contribution in [2.45, 2.75) is 26.4 Å². The minimum absolute atomic E-state index is 0.126. The summed E-state index contributed by atoms with van der Waals surface area (Å²) in [6.07, 6.45) is 0. The van der Waals surface area contributed by atoms with Gasteiger partial charge in [-0.15, -0.1) is 0 Å². The predicted octanol–water partition coefficient (Wildman–Crippen LogP) is 6.05. The van der Waals surface area contributed by atoms with Crippen molar-refractivity contribution in [3.05, 3.63) is 104 Å². The number of aromatic amines is 1. The summed E-state index contributed by atoms with van der Waals surface area (Å²) in [6, 6.07) is 17.2. The number of nitrogens with zero attached hydrogens (tertiary/aromatic N) is 2. The second-order valence-corrected chi connectivity index (χ2v) is 9.27. The van der Waals surface area contributed by atoms with Crippen molar-refractivity contribution in [3.8, 4) is 17.0 Å². The van der Waals surface area contributed by atoms with Crippen LogP contribution in [0.4, 0.5) is 4.39 Å². The zero-order valence-corrected chi connectivity index (χ0v) is 19.6. The molecular formula is C26H21BrFN3O2. The van der Waals surface area contributed by atoms with Gasteiger partial charge in [-0.25, -0.2) is 4.39 Å². The summed E-state index contributed by atoms with van der Waals surface area (Å²) in [4.78, 5) is 15.2. The molecule has 5 rings (SSSR count). The van der Waals surface area contributed by atoms with E-state index in [4.69, 9.17) is 0 Å². The number of H-pyrrole nitrogens is 1. The first-order chi connectivity index (χ1) is 15.8. The number of fused-ring (bicyclic) bond motifs is 1. The van der Waals surface area contributed by atoms with E-state index in [1.165, 1.54) is 12.1 Å². The number of amides is 1. The van der Waals surface area contributed by atoms with E-state index in [-0.39, 0.29) is 17.5 Å². The van der Waals surface area contributed by atoms with Crippen molar-refractivity contribution in [2.24, 2.45) is 0 Å². The van der Waals surface area contributed by atoms with Crippen LogP contribution in [-0.4, -0.2) is 26.1 Å². The number of carbonyl (C=O) groups excluding carboxylic acids is 1. The molecule has 2 N–H and O–H groups in total. The minimum atomic E-state index is -0.417. The third-order valence-corrected chi connectivity index (χ3v) is 6.54. The molecule has 2 heterocycles. The maximum Gasteiger partial charge on any atom is 0.273 e. The highest BCUT2D eigenvalue weighted by molar-refractivity contribution is 9.10. The maximum atomic E-state index is 13.5. The Morgan fingerprint density at radius 1 is 1.09 bits per heavy atom. The number of carbonyl (C=O) groups is 1. The minimum Gasteiger partial charge on any atom is -0.507 e. The molecule has 0 spiro atoms. The number of aryl methyl sites for hydroxylation is 2. The third kappa shape index (κ3) is 3.72. The van der Waals surface area contributed by atoms with Crippen LogP contribution in [0.5, 0.6) is 5.75 Å². The summed E-state index contributed by atoms with van der Waals surface area (Å²) in [5.74, 6) is -0.385. The summed E-state index contributed by atoms with van der Waals surface area (Å²) in [5, 5.41) is 18.2. The van der Waals surface area contributed by atoms with E-state index in [9.17, 15) is 14.3 Å². The molecule has 1 aromatic heterocycles. The summed E-state index contributed by atoms with van der Waals surface area (Å²) < 4.78 is 14.4. The molecule has 1 amide bonds. The highest BCUT2D eigenvalue weighted by Gasteiger charge is 2.42. The highest BCUT2D eigenvalue weighted by Crippen LogP contribution is 2.46. The number of nitrogens with one attached hydrogen (secondary N) is 1. The van der Waals surface area contributed by atoms with E-state index in [0.717, 1.165) is 32.3 Å². The van der Waals surface area contributed by atoms with Gasteiger partial charge in [-0.2, -0.15) is 5.10 Å². The Morgan fingerprint density at radius 3 is 2.45 bits per heavy atom. The fourth-order valence-electron chi connectivity index (χ4n) is 4.58. The maximum absolute atomic E-state index is 13.5. The molecule has 0 saturated heterocycles. The van der Waals surface area contributed by atoms with Crippen LogP contribution in [0.1, 0.15) is 44.3 Å². The van der Waals surface area contributed by atoms with Gasteiger partial charge in [-0.05, 0) is 66.4 Å². The Labute approximate surface area is 199 Å². The van der Waals surface area contributed by atoms with Gasteiger partial charge in [0.15, 0.2) is 0 Å². The van der Waals surface area contributed by atoms with Gasteiger partial charge in [0.25, 0.3) is 5.91 Å². The SMILES string of the molecule is Cc1cc(C)c(-c2n[nH]c3c2C(c2ccc(Br)cc2)N(Cc2ccc(F)cc2)C3=O)c(O)c1. The van der Waals surface area contributed by atoms with Crippen molar-refractivity contribution in [3.63, 3.8) is 0 Å². The molecule has 166 valence electrons. The lowest BCUT2D eigenvalue weighted by molar-refractivity contribution is 0.0730. The van der Waals surface area contributed by atoms with Crippen molar-refractivity contribution in [1.82, 2.24) is 15.1 Å². The van der Waals surface area contributed by atoms with E-state index in [1.54, 1.807) is 23.1 Å². The average molecular weight is 506 g/mol. The molecule has 0 radical (unpaired) electrons. The standard InChI is InChI=1S/C26H21BrFN3O2/c1-14-11-15(2)21(20(32)12-14)23-22-24(30-29-23)26(33)31(13-16-3-9-19(28)10-4-16)25(22)17-5-7-18(27)8-6-17/h3-12,25,32H,13H2,1-2H3,(H,29,30). The number of benzene rings is 3. The summed E-state index contributed by atoms with van der Waals surface area (Å²) in [5.41, 5.74) is 5.85. The van der Waals surface area contributed by atoms with Crippen LogP contribution < -0.4 is 0 Å². The van der Waals surface area contributed by atoms with Gasteiger partial charge in [-0.1, -0.05) is 46.3 Å². The molecular weight excluding hydrogens is 485 g/mol. The molecule has 0 saturated carbocycles. The van der Waals surface area contributed by atoms with Gasteiger partial charge in [0.2, 0.25) is 0 Å². The number of aromatic nitrogens is 2. The monoisotopic (exact) mass is 505 g/mol. The largest absolute Gasteiger partial charge is 0.507 e. The molecule has 1 aliphatic heterocycles. The van der Waals surface area contributed by atoms with Gasteiger partial charge in [0, 0.05) is 22.1 Å². The normalized spacial score (nSPS) is 15.2. The lowest BCUT2D eigenvalue weighted by Gasteiger charge is -2.27. The van der Waals surface area contributed by atoms with Crippen molar-refractivity contribution in [1.29, 1.82) is 0 Å². The molecule has 3 aromatic carbocycles. The van der Waals surface area contributed by atoms with Crippen molar-refractivity contribution < 1.29 is 14.3 Å². The van der Waals surface area contributed by atoms with Gasteiger partial charge in [-0.3, -0.25) is 9.89 Å². The Bertz CT molecular complexity index is 1340. The summed E-state index contributed by atoms with van der Waals surface area (Å²) in [6.45, 7) is 4.15. The van der Waals surface area contributed by atoms with Gasteiger partial charge >= 0.3 is 0 Å². The molecule has 0 fully saturated rings. The third-order valence-electron chi connectivity index (χ3n) is 6.01. The van der Waals surface area contributed by atoms with Crippen LogP contribution in [0.3, 0.4) is 0 Å². The van der Waals surface area contributed by atoms with Crippen molar-refractivity contribution >= 4 is 21.8 Å².